The van der Waals surface area contributed by atoms with Gasteiger partial charge in [0.2, 0.25) is 0 Å². The van der Waals surface area contributed by atoms with Crippen molar-refractivity contribution in [1.82, 2.24) is 15.2 Å². The van der Waals surface area contributed by atoms with Crippen molar-refractivity contribution in [2.75, 3.05) is 13.1 Å². The maximum atomic E-state index is 12.1. The van der Waals surface area contributed by atoms with Gasteiger partial charge in [-0.15, -0.1) is 11.3 Å². The Bertz CT molecular complexity index is 516. The molecule has 5 nitrogen and oxygen atoms in total. The SMILES string of the molecule is CC(C)(C)OC(=O)N1CCC2(CC1)C[C@H]2NCc1nccs1. The van der Waals surface area contributed by atoms with Crippen LogP contribution in [-0.4, -0.2) is 40.7 Å². The fourth-order valence-electron chi connectivity index (χ4n) is 3.20. The number of piperidine rings is 1. The molecule has 1 spiro atoms. The van der Waals surface area contributed by atoms with Crippen LogP contribution in [0.5, 0.6) is 0 Å². The molecule has 1 aromatic heterocycles. The Balaban J connectivity index is 1.43. The van der Waals surface area contributed by atoms with E-state index in [0.29, 0.717) is 11.5 Å². The molecule has 6 heteroatoms. The van der Waals surface area contributed by atoms with Crippen LogP contribution in [0, 0.1) is 5.41 Å². The number of aromatic nitrogens is 1. The second-order valence-corrected chi connectivity index (χ2v) is 8.37. The molecule has 3 rings (SSSR count). The Morgan fingerprint density at radius 3 is 2.82 bits per heavy atom. The first-order valence-electron chi connectivity index (χ1n) is 7.98. The van der Waals surface area contributed by atoms with E-state index < -0.39 is 5.60 Å². The molecule has 1 amide bonds. The summed E-state index contributed by atoms with van der Waals surface area (Å²) < 4.78 is 5.45. The van der Waals surface area contributed by atoms with Crippen LogP contribution in [0.3, 0.4) is 0 Å². The average Bonchev–Trinajstić information content (AvgIpc) is 2.86. The van der Waals surface area contributed by atoms with Gasteiger partial charge in [0.1, 0.15) is 10.6 Å². The quantitative estimate of drug-likeness (QED) is 0.929. The molecule has 122 valence electrons. The molecule has 0 unspecified atom stereocenters. The topological polar surface area (TPSA) is 54.5 Å². The molecule has 1 aliphatic heterocycles. The third kappa shape index (κ3) is 3.60. The molecule has 0 radical (unpaired) electrons. The Morgan fingerprint density at radius 1 is 1.50 bits per heavy atom. The molecule has 1 atom stereocenters. The summed E-state index contributed by atoms with van der Waals surface area (Å²) in [6.45, 7) is 8.22. The summed E-state index contributed by atoms with van der Waals surface area (Å²) >= 11 is 1.69. The minimum Gasteiger partial charge on any atom is -0.444 e. The normalized spacial score (nSPS) is 23.6. The summed E-state index contributed by atoms with van der Waals surface area (Å²) in [5, 5.41) is 6.77. The number of nitrogens with one attached hydrogen (secondary N) is 1. The van der Waals surface area contributed by atoms with E-state index in [1.807, 2.05) is 37.2 Å². The van der Waals surface area contributed by atoms with Crippen LogP contribution in [0.15, 0.2) is 11.6 Å². The molecule has 0 bridgehead atoms. The molecule has 2 heterocycles. The van der Waals surface area contributed by atoms with Crippen molar-refractivity contribution in [3.63, 3.8) is 0 Å². The van der Waals surface area contributed by atoms with Gasteiger partial charge in [-0.2, -0.15) is 0 Å². The van der Waals surface area contributed by atoms with E-state index in [1.165, 1.54) is 6.42 Å². The standard InChI is InChI=1S/C16H25N3O2S/c1-15(2,3)21-14(20)19-7-4-16(5-8-19)10-12(16)18-11-13-17-6-9-22-13/h6,9,12,18H,4-5,7-8,10-11H2,1-3H3/t12-/m1/s1. The van der Waals surface area contributed by atoms with Gasteiger partial charge >= 0.3 is 6.09 Å². The molecule has 1 aromatic rings. The first kappa shape index (κ1) is 15.7. The lowest BCUT2D eigenvalue weighted by Crippen LogP contribution is -2.43. The molecule has 1 N–H and O–H groups in total. The van der Waals surface area contributed by atoms with Gasteiger partial charge in [0, 0.05) is 37.3 Å². The number of amides is 1. The highest BCUT2D eigenvalue weighted by molar-refractivity contribution is 7.09. The first-order chi connectivity index (χ1) is 10.4. The number of carbonyl (C=O) groups is 1. The number of carbonyl (C=O) groups excluding carboxylic acids is 1. The summed E-state index contributed by atoms with van der Waals surface area (Å²) in [5.41, 5.74) is -0.0145. The second-order valence-electron chi connectivity index (χ2n) is 7.39. The molecule has 0 aromatic carbocycles. The maximum Gasteiger partial charge on any atom is 0.410 e. The molecule has 1 aliphatic carbocycles. The Kier molecular flexibility index (Phi) is 4.16. The summed E-state index contributed by atoms with van der Waals surface area (Å²) in [6, 6.07) is 0.581. The second kappa shape index (κ2) is 5.81. The van der Waals surface area contributed by atoms with Gasteiger partial charge in [-0.25, -0.2) is 9.78 Å². The highest BCUT2D eigenvalue weighted by atomic mass is 32.1. The zero-order chi connectivity index (χ0) is 15.8. The Morgan fingerprint density at radius 2 is 2.23 bits per heavy atom. The summed E-state index contributed by atoms with van der Waals surface area (Å²) in [5.74, 6) is 0. The van der Waals surface area contributed by atoms with E-state index in [1.54, 1.807) is 11.3 Å². The molecular formula is C16H25N3O2S. The number of rotatable bonds is 3. The minimum absolute atomic E-state index is 0.171. The largest absolute Gasteiger partial charge is 0.444 e. The highest BCUT2D eigenvalue weighted by Gasteiger charge is 2.55. The zero-order valence-electron chi connectivity index (χ0n) is 13.6. The van der Waals surface area contributed by atoms with E-state index in [0.717, 1.165) is 37.5 Å². The molecule has 22 heavy (non-hydrogen) atoms. The van der Waals surface area contributed by atoms with Crippen LogP contribution in [0.1, 0.15) is 45.0 Å². The van der Waals surface area contributed by atoms with E-state index in [-0.39, 0.29) is 6.09 Å². The van der Waals surface area contributed by atoms with Crippen molar-refractivity contribution >= 4 is 17.4 Å². The smallest absolute Gasteiger partial charge is 0.410 e. The summed E-state index contributed by atoms with van der Waals surface area (Å²) in [4.78, 5) is 18.2. The molecular weight excluding hydrogens is 298 g/mol. The zero-order valence-corrected chi connectivity index (χ0v) is 14.4. The molecule has 1 saturated carbocycles. The van der Waals surface area contributed by atoms with E-state index in [9.17, 15) is 4.79 Å². The van der Waals surface area contributed by atoms with Crippen LogP contribution < -0.4 is 5.32 Å². The monoisotopic (exact) mass is 323 g/mol. The van der Waals surface area contributed by atoms with E-state index >= 15 is 0 Å². The van der Waals surface area contributed by atoms with Crippen molar-refractivity contribution in [2.24, 2.45) is 5.41 Å². The lowest BCUT2D eigenvalue weighted by molar-refractivity contribution is 0.0168. The predicted octanol–water partition coefficient (Wildman–Crippen LogP) is 3.02. The Labute approximate surface area is 136 Å². The van der Waals surface area contributed by atoms with Crippen molar-refractivity contribution in [1.29, 1.82) is 0 Å². The number of nitrogens with zero attached hydrogens (tertiary/aromatic N) is 2. The number of hydrogen-bond donors (Lipinski definition) is 1. The van der Waals surface area contributed by atoms with Gasteiger partial charge in [-0.05, 0) is 45.4 Å². The van der Waals surface area contributed by atoms with Gasteiger partial charge in [0.25, 0.3) is 0 Å². The highest BCUT2D eigenvalue weighted by Crippen LogP contribution is 2.54. The fourth-order valence-corrected chi connectivity index (χ4v) is 3.77. The van der Waals surface area contributed by atoms with Gasteiger partial charge in [0.05, 0.1) is 0 Å². The summed E-state index contributed by atoms with van der Waals surface area (Å²) in [7, 11) is 0. The molecule has 1 saturated heterocycles. The number of thiazole rings is 1. The van der Waals surface area contributed by atoms with Crippen LogP contribution in [-0.2, 0) is 11.3 Å². The van der Waals surface area contributed by atoms with Crippen molar-refractivity contribution in [2.45, 2.75) is 58.2 Å². The van der Waals surface area contributed by atoms with Crippen LogP contribution >= 0.6 is 11.3 Å². The third-order valence-electron chi connectivity index (χ3n) is 4.58. The van der Waals surface area contributed by atoms with Gasteiger partial charge in [-0.1, -0.05) is 0 Å². The van der Waals surface area contributed by atoms with Crippen LogP contribution in [0.2, 0.25) is 0 Å². The summed E-state index contributed by atoms with van der Waals surface area (Å²) in [6.07, 6.45) is 5.05. The van der Waals surface area contributed by atoms with Crippen molar-refractivity contribution in [3.05, 3.63) is 16.6 Å². The predicted molar refractivity (Wildman–Crippen MR) is 86.8 cm³/mol. The van der Waals surface area contributed by atoms with Crippen LogP contribution in [0.25, 0.3) is 0 Å². The first-order valence-corrected chi connectivity index (χ1v) is 8.86. The Hall–Kier alpha value is -1.14. The lowest BCUT2D eigenvalue weighted by atomic mass is 9.93. The minimum atomic E-state index is -0.413. The third-order valence-corrected chi connectivity index (χ3v) is 5.36. The van der Waals surface area contributed by atoms with E-state index in [4.69, 9.17) is 4.74 Å². The molecule has 2 aliphatic rings. The number of ether oxygens (including phenoxy) is 1. The average molecular weight is 323 g/mol. The van der Waals surface area contributed by atoms with Crippen molar-refractivity contribution < 1.29 is 9.53 Å². The maximum absolute atomic E-state index is 12.1. The number of hydrogen-bond acceptors (Lipinski definition) is 5. The molecule has 2 fully saturated rings. The lowest BCUT2D eigenvalue weighted by Gasteiger charge is -2.34. The van der Waals surface area contributed by atoms with Crippen LogP contribution in [0.4, 0.5) is 4.79 Å². The van der Waals surface area contributed by atoms with Gasteiger partial charge < -0.3 is 15.0 Å². The number of likely N-dealkylation sites (tertiary alicyclic amines) is 1. The van der Waals surface area contributed by atoms with E-state index in [2.05, 4.69) is 10.3 Å². The van der Waals surface area contributed by atoms with Gasteiger partial charge in [0.15, 0.2) is 0 Å². The fraction of sp³-hybridized carbons (Fsp3) is 0.750. The van der Waals surface area contributed by atoms with Crippen molar-refractivity contribution in [3.8, 4) is 0 Å². The van der Waals surface area contributed by atoms with Gasteiger partial charge in [-0.3, -0.25) is 0 Å².